The molecule has 0 aliphatic carbocycles. The molecule has 3 aromatic carbocycles. The van der Waals surface area contributed by atoms with E-state index in [-0.39, 0.29) is 11.7 Å². The van der Waals surface area contributed by atoms with Crippen LogP contribution in [0.3, 0.4) is 0 Å². The van der Waals surface area contributed by atoms with E-state index in [9.17, 15) is 9.59 Å². The van der Waals surface area contributed by atoms with E-state index >= 15 is 0 Å². The average molecular weight is 502 g/mol. The van der Waals surface area contributed by atoms with E-state index in [1.165, 1.54) is 0 Å². The summed E-state index contributed by atoms with van der Waals surface area (Å²) >= 11 is 8.56. The van der Waals surface area contributed by atoms with Crippen LogP contribution < -0.4 is 25.6 Å². The van der Waals surface area contributed by atoms with Gasteiger partial charge in [0.25, 0.3) is 11.8 Å². The first kappa shape index (κ1) is 22.5. The fraction of sp³-hybridized carbons (Fsp3) is 0.136. The molecule has 0 spiro atoms. The van der Waals surface area contributed by atoms with Crippen LogP contribution in [-0.2, 0) is 4.79 Å². The van der Waals surface area contributed by atoms with Gasteiger partial charge in [-0.25, -0.2) is 0 Å². The predicted molar refractivity (Wildman–Crippen MR) is 126 cm³/mol. The molecule has 0 saturated carbocycles. The largest absolute Gasteiger partial charge is 0.494 e. The molecule has 3 rings (SSSR count). The van der Waals surface area contributed by atoms with Gasteiger partial charge in [-0.2, -0.15) is 0 Å². The van der Waals surface area contributed by atoms with Crippen LogP contribution in [0.2, 0.25) is 0 Å². The first-order chi connectivity index (χ1) is 15.0. The number of halogens is 1. The fourth-order valence-corrected chi connectivity index (χ4v) is 3.48. The van der Waals surface area contributed by atoms with Crippen molar-refractivity contribution in [2.75, 3.05) is 13.2 Å². The molecule has 0 unspecified atom stereocenters. The summed E-state index contributed by atoms with van der Waals surface area (Å²) in [5.41, 5.74) is 5.25. The van der Waals surface area contributed by atoms with Crippen LogP contribution in [0, 0.1) is 0 Å². The van der Waals surface area contributed by atoms with E-state index in [1.807, 2.05) is 37.3 Å². The molecule has 0 fully saturated rings. The number of carbonyl (C=O) groups is 2. The molecule has 0 saturated heterocycles. The highest BCUT2D eigenvalue weighted by Crippen LogP contribution is 2.32. The summed E-state index contributed by atoms with van der Waals surface area (Å²) in [5, 5.41) is 4.48. The maximum atomic E-state index is 12.3. The number of carbonyl (C=O) groups excluding carboxylic acids is 2. The summed E-state index contributed by atoms with van der Waals surface area (Å²) in [6.07, 6.45) is 0. The molecular weight excluding hydrogens is 482 g/mol. The Bertz CT molecular complexity index is 1120. The molecule has 3 aromatic rings. The number of benzene rings is 3. The second-order valence-electron chi connectivity index (χ2n) is 6.30. The van der Waals surface area contributed by atoms with Gasteiger partial charge in [0.05, 0.1) is 11.1 Å². The summed E-state index contributed by atoms with van der Waals surface area (Å²) in [5.74, 6) is 0.234. The van der Waals surface area contributed by atoms with Gasteiger partial charge in [-0.15, -0.1) is 0 Å². The van der Waals surface area contributed by atoms with E-state index in [0.29, 0.717) is 23.7 Å². The van der Waals surface area contributed by atoms with E-state index in [0.717, 1.165) is 15.2 Å². The normalized spacial score (nSPS) is 10.3. The zero-order valence-electron chi connectivity index (χ0n) is 16.6. The second-order valence-corrected chi connectivity index (χ2v) is 7.51. The smallest absolute Gasteiger partial charge is 0.276 e. The third-order valence-electron chi connectivity index (χ3n) is 4.14. The lowest BCUT2D eigenvalue weighted by Crippen LogP contribution is -2.49. The minimum Gasteiger partial charge on any atom is -0.494 e. The highest BCUT2D eigenvalue weighted by atomic mass is 79.9. The van der Waals surface area contributed by atoms with Gasteiger partial charge in [-0.1, -0.05) is 36.4 Å². The highest BCUT2D eigenvalue weighted by Gasteiger charge is 2.11. The van der Waals surface area contributed by atoms with Crippen molar-refractivity contribution in [3.63, 3.8) is 0 Å². The summed E-state index contributed by atoms with van der Waals surface area (Å²) in [6.45, 7) is 2.11. The molecule has 0 aliphatic heterocycles. The number of rotatable bonds is 6. The summed E-state index contributed by atoms with van der Waals surface area (Å²) in [6, 6.07) is 18.2. The molecule has 0 bridgehead atoms. The third kappa shape index (κ3) is 6.16. The number of fused-ring (bicyclic) bond motifs is 1. The Hall–Kier alpha value is -3.17. The fourth-order valence-electron chi connectivity index (χ4n) is 2.73. The Balaban J connectivity index is 1.47. The van der Waals surface area contributed by atoms with Crippen molar-refractivity contribution >= 4 is 55.8 Å². The average Bonchev–Trinajstić information content (AvgIpc) is 2.78. The molecule has 2 amide bonds. The van der Waals surface area contributed by atoms with Crippen molar-refractivity contribution in [1.29, 1.82) is 0 Å². The molecule has 3 N–H and O–H groups in total. The van der Waals surface area contributed by atoms with Crippen LogP contribution in [0.1, 0.15) is 17.3 Å². The van der Waals surface area contributed by atoms with Crippen molar-refractivity contribution in [2.45, 2.75) is 6.92 Å². The zero-order chi connectivity index (χ0) is 22.2. The molecule has 9 heteroatoms. The quantitative estimate of drug-likeness (QED) is 0.352. The number of thiocarbonyl (C=S) groups is 1. The summed E-state index contributed by atoms with van der Waals surface area (Å²) in [4.78, 5) is 24.3. The topological polar surface area (TPSA) is 88.7 Å². The Kier molecular flexibility index (Phi) is 7.80. The standard InChI is InChI=1S/C22H20BrN3O4S/c1-2-29-16-8-5-7-15(12-16)21(28)24-22(31)26-25-19(27)13-30-18-11-10-14-6-3-4-9-17(14)20(18)23/h3-12H,2,13H2,1H3,(H,25,27)(H2,24,26,28,31). The zero-order valence-corrected chi connectivity index (χ0v) is 19.0. The molecule has 0 atom stereocenters. The molecule has 0 aromatic heterocycles. The molecule has 7 nitrogen and oxygen atoms in total. The minimum atomic E-state index is -0.463. The lowest BCUT2D eigenvalue weighted by molar-refractivity contribution is -0.123. The number of ether oxygens (including phenoxy) is 2. The Labute approximate surface area is 193 Å². The van der Waals surface area contributed by atoms with Crippen molar-refractivity contribution in [3.8, 4) is 11.5 Å². The van der Waals surface area contributed by atoms with Gasteiger partial charge in [0.15, 0.2) is 11.7 Å². The van der Waals surface area contributed by atoms with Crippen molar-refractivity contribution in [2.24, 2.45) is 0 Å². The second kappa shape index (κ2) is 10.7. The first-order valence-electron chi connectivity index (χ1n) is 9.41. The maximum Gasteiger partial charge on any atom is 0.276 e. The Morgan fingerprint density at radius 3 is 2.61 bits per heavy atom. The van der Waals surface area contributed by atoms with E-state index < -0.39 is 11.8 Å². The van der Waals surface area contributed by atoms with Gasteiger partial charge in [-0.05, 0) is 70.1 Å². The SMILES string of the molecule is CCOc1cccc(C(=O)NC(=S)NNC(=O)COc2ccc3ccccc3c2Br)c1. The van der Waals surface area contributed by atoms with Crippen LogP contribution in [0.25, 0.3) is 10.8 Å². The summed E-state index contributed by atoms with van der Waals surface area (Å²) in [7, 11) is 0. The Morgan fingerprint density at radius 1 is 1.00 bits per heavy atom. The number of hydrogen-bond donors (Lipinski definition) is 3. The van der Waals surface area contributed by atoms with Crippen LogP contribution in [0.4, 0.5) is 0 Å². The highest BCUT2D eigenvalue weighted by molar-refractivity contribution is 9.10. The van der Waals surface area contributed by atoms with Gasteiger partial charge < -0.3 is 9.47 Å². The molecule has 0 aliphatic rings. The van der Waals surface area contributed by atoms with Crippen molar-refractivity contribution in [3.05, 3.63) is 70.7 Å². The van der Waals surface area contributed by atoms with Crippen molar-refractivity contribution in [1.82, 2.24) is 16.2 Å². The number of hydrazine groups is 1. The van der Waals surface area contributed by atoms with E-state index in [4.69, 9.17) is 21.7 Å². The van der Waals surface area contributed by atoms with Crippen LogP contribution in [-0.4, -0.2) is 30.1 Å². The number of amides is 2. The van der Waals surface area contributed by atoms with Gasteiger partial charge in [0.2, 0.25) is 0 Å². The maximum absolute atomic E-state index is 12.3. The Morgan fingerprint density at radius 2 is 1.81 bits per heavy atom. The molecule has 0 heterocycles. The van der Waals surface area contributed by atoms with E-state index in [1.54, 1.807) is 30.3 Å². The lowest BCUT2D eigenvalue weighted by atomic mass is 10.1. The van der Waals surface area contributed by atoms with Gasteiger partial charge in [0, 0.05) is 5.56 Å². The number of nitrogens with one attached hydrogen (secondary N) is 3. The lowest BCUT2D eigenvalue weighted by Gasteiger charge is -2.13. The van der Waals surface area contributed by atoms with Gasteiger partial charge in [0.1, 0.15) is 11.5 Å². The third-order valence-corrected chi connectivity index (χ3v) is 5.16. The molecule has 31 heavy (non-hydrogen) atoms. The molecular formula is C22H20BrN3O4S. The molecule has 160 valence electrons. The number of hydrogen-bond acceptors (Lipinski definition) is 5. The van der Waals surface area contributed by atoms with Crippen molar-refractivity contribution < 1.29 is 19.1 Å². The van der Waals surface area contributed by atoms with Gasteiger partial charge >= 0.3 is 0 Å². The van der Waals surface area contributed by atoms with Crippen LogP contribution in [0.15, 0.2) is 65.1 Å². The summed E-state index contributed by atoms with van der Waals surface area (Å²) < 4.78 is 11.7. The molecule has 0 radical (unpaired) electrons. The first-order valence-corrected chi connectivity index (χ1v) is 10.6. The predicted octanol–water partition coefficient (Wildman–Crippen LogP) is 3.72. The minimum absolute atomic E-state index is 0.0490. The van der Waals surface area contributed by atoms with Crippen LogP contribution in [0.5, 0.6) is 11.5 Å². The monoisotopic (exact) mass is 501 g/mol. The van der Waals surface area contributed by atoms with Gasteiger partial charge in [-0.3, -0.25) is 25.8 Å². The van der Waals surface area contributed by atoms with E-state index in [2.05, 4.69) is 32.1 Å². The van der Waals surface area contributed by atoms with Crippen LogP contribution >= 0.6 is 28.1 Å².